The number of fused-ring (bicyclic) bond motifs is 1. The molecule has 0 bridgehead atoms. The van der Waals surface area contributed by atoms with Gasteiger partial charge in [-0.15, -0.1) is 0 Å². The van der Waals surface area contributed by atoms with Gasteiger partial charge in [0, 0.05) is 29.8 Å². The van der Waals surface area contributed by atoms with Crippen LogP contribution in [0.4, 0.5) is 11.4 Å². The Morgan fingerprint density at radius 2 is 1.97 bits per heavy atom. The molecule has 0 radical (unpaired) electrons. The first-order valence-electron chi connectivity index (χ1n) is 10.4. The van der Waals surface area contributed by atoms with Gasteiger partial charge in [-0.1, -0.05) is 12.1 Å². The van der Waals surface area contributed by atoms with Crippen LogP contribution >= 0.6 is 0 Å². The summed E-state index contributed by atoms with van der Waals surface area (Å²) in [7, 11) is 0. The van der Waals surface area contributed by atoms with E-state index in [-0.39, 0.29) is 23.7 Å². The minimum absolute atomic E-state index is 0.0488. The van der Waals surface area contributed by atoms with Gasteiger partial charge in [-0.25, -0.2) is 0 Å². The number of hydrogen-bond acceptors (Lipinski definition) is 6. The Kier molecular flexibility index (Phi) is 4.69. The number of nitro groups is 1. The van der Waals surface area contributed by atoms with Crippen LogP contribution in [0.2, 0.25) is 0 Å². The zero-order valence-electron chi connectivity index (χ0n) is 16.5. The first-order valence-corrected chi connectivity index (χ1v) is 10.4. The molecule has 2 aliphatic heterocycles. The standard InChI is InChI=1S/C22H23N3O5/c26-22(23-15-7-8-15)14-6-9-18(19(13-14)25(27)28)24-10-2-4-17(24)16-3-1-5-20-21(16)30-12-11-29-20/h1,3,5-6,9,13,15,17H,2,4,7-8,10-12H2,(H,23,26). The van der Waals surface area contributed by atoms with Crippen molar-refractivity contribution in [2.75, 3.05) is 24.7 Å². The van der Waals surface area contributed by atoms with E-state index in [4.69, 9.17) is 9.47 Å². The van der Waals surface area contributed by atoms with Crippen LogP contribution in [0.15, 0.2) is 36.4 Å². The summed E-state index contributed by atoms with van der Waals surface area (Å²) in [6.07, 6.45) is 3.71. The summed E-state index contributed by atoms with van der Waals surface area (Å²) in [5.74, 6) is 1.18. The van der Waals surface area contributed by atoms with Crippen LogP contribution in [0.25, 0.3) is 0 Å². The molecule has 2 aromatic carbocycles. The molecular formula is C22H23N3O5. The number of benzene rings is 2. The molecule has 1 aliphatic carbocycles. The average Bonchev–Trinajstić information content (AvgIpc) is 3.45. The fourth-order valence-electron chi connectivity index (χ4n) is 4.29. The molecule has 2 heterocycles. The van der Waals surface area contributed by atoms with E-state index in [1.165, 1.54) is 6.07 Å². The van der Waals surface area contributed by atoms with E-state index in [0.29, 0.717) is 36.8 Å². The van der Waals surface area contributed by atoms with Crippen molar-refractivity contribution in [2.24, 2.45) is 0 Å². The summed E-state index contributed by atoms with van der Waals surface area (Å²) in [5.41, 5.74) is 1.78. The quantitative estimate of drug-likeness (QED) is 0.599. The summed E-state index contributed by atoms with van der Waals surface area (Å²) < 4.78 is 11.6. The number of nitro benzene ring substituents is 1. The fourth-order valence-corrected chi connectivity index (χ4v) is 4.29. The number of carbonyl (C=O) groups excluding carboxylic acids is 1. The summed E-state index contributed by atoms with van der Waals surface area (Å²) in [5, 5.41) is 14.8. The van der Waals surface area contributed by atoms with Crippen LogP contribution in [0.3, 0.4) is 0 Å². The van der Waals surface area contributed by atoms with E-state index in [9.17, 15) is 14.9 Å². The number of carbonyl (C=O) groups is 1. The molecule has 156 valence electrons. The molecule has 3 aliphatic rings. The normalized spacial score (nSPS) is 20.1. The van der Waals surface area contributed by atoms with Crippen molar-refractivity contribution >= 4 is 17.3 Å². The molecule has 8 heteroatoms. The van der Waals surface area contributed by atoms with E-state index < -0.39 is 4.92 Å². The van der Waals surface area contributed by atoms with Gasteiger partial charge >= 0.3 is 0 Å². The number of amides is 1. The SMILES string of the molecule is O=C(NC1CC1)c1ccc(N2CCCC2c2cccc3c2OCCO3)c([N+](=O)[O-])c1. The van der Waals surface area contributed by atoms with Gasteiger partial charge in [0.2, 0.25) is 0 Å². The lowest BCUT2D eigenvalue weighted by atomic mass is 10.0. The van der Waals surface area contributed by atoms with Gasteiger partial charge in [0.05, 0.1) is 11.0 Å². The Balaban J connectivity index is 1.49. The zero-order valence-corrected chi connectivity index (χ0v) is 16.5. The van der Waals surface area contributed by atoms with Crippen LogP contribution in [0, 0.1) is 10.1 Å². The summed E-state index contributed by atoms with van der Waals surface area (Å²) in [6.45, 7) is 1.70. The second kappa shape index (κ2) is 7.51. The maximum atomic E-state index is 12.4. The third-order valence-corrected chi connectivity index (χ3v) is 5.86. The number of hydrogen-bond donors (Lipinski definition) is 1. The molecule has 1 saturated carbocycles. The molecule has 1 saturated heterocycles. The maximum Gasteiger partial charge on any atom is 0.293 e. The Morgan fingerprint density at radius 3 is 2.77 bits per heavy atom. The molecule has 0 aromatic heterocycles. The summed E-state index contributed by atoms with van der Waals surface area (Å²) >= 11 is 0. The van der Waals surface area contributed by atoms with E-state index in [0.717, 1.165) is 37.0 Å². The summed E-state index contributed by atoms with van der Waals surface area (Å²) in [4.78, 5) is 25.9. The number of ether oxygens (including phenoxy) is 2. The fraction of sp³-hybridized carbons (Fsp3) is 0.409. The molecule has 30 heavy (non-hydrogen) atoms. The zero-order chi connectivity index (χ0) is 20.7. The number of nitrogens with zero attached hydrogens (tertiary/aromatic N) is 2. The monoisotopic (exact) mass is 409 g/mol. The largest absolute Gasteiger partial charge is 0.486 e. The van der Waals surface area contributed by atoms with Gasteiger partial charge < -0.3 is 19.7 Å². The number of nitrogens with one attached hydrogen (secondary N) is 1. The molecule has 8 nitrogen and oxygen atoms in total. The molecule has 1 unspecified atom stereocenters. The lowest BCUT2D eigenvalue weighted by molar-refractivity contribution is -0.384. The highest BCUT2D eigenvalue weighted by atomic mass is 16.6. The lowest BCUT2D eigenvalue weighted by Gasteiger charge is -2.30. The Hall–Kier alpha value is -3.29. The Morgan fingerprint density at radius 1 is 1.13 bits per heavy atom. The van der Waals surface area contributed by atoms with Crippen LogP contribution in [-0.4, -0.2) is 36.6 Å². The van der Waals surface area contributed by atoms with E-state index in [2.05, 4.69) is 5.32 Å². The van der Waals surface area contributed by atoms with Gasteiger partial charge in [-0.05, 0) is 43.9 Å². The first kappa shape index (κ1) is 18.7. The van der Waals surface area contributed by atoms with Crippen molar-refractivity contribution in [3.8, 4) is 11.5 Å². The van der Waals surface area contributed by atoms with Crippen molar-refractivity contribution in [1.29, 1.82) is 0 Å². The second-order valence-corrected chi connectivity index (χ2v) is 7.93. The lowest BCUT2D eigenvalue weighted by Crippen LogP contribution is -2.27. The molecule has 5 rings (SSSR count). The van der Waals surface area contributed by atoms with Gasteiger partial charge in [0.1, 0.15) is 18.9 Å². The van der Waals surface area contributed by atoms with E-state index in [1.54, 1.807) is 12.1 Å². The number of anilines is 1. The topological polar surface area (TPSA) is 93.9 Å². The van der Waals surface area contributed by atoms with Crippen LogP contribution in [0.5, 0.6) is 11.5 Å². The third-order valence-electron chi connectivity index (χ3n) is 5.86. The smallest absolute Gasteiger partial charge is 0.293 e. The van der Waals surface area contributed by atoms with Crippen LogP contribution in [-0.2, 0) is 0 Å². The van der Waals surface area contributed by atoms with Gasteiger partial charge in [-0.2, -0.15) is 0 Å². The highest BCUT2D eigenvalue weighted by Crippen LogP contribution is 2.46. The first-order chi connectivity index (χ1) is 14.6. The predicted molar refractivity (Wildman–Crippen MR) is 110 cm³/mol. The van der Waals surface area contributed by atoms with Crippen molar-refractivity contribution in [1.82, 2.24) is 5.32 Å². The van der Waals surface area contributed by atoms with Crippen LogP contribution < -0.4 is 19.7 Å². The molecule has 1 amide bonds. The number of para-hydroxylation sites is 1. The van der Waals surface area contributed by atoms with Crippen molar-refractivity contribution in [3.05, 3.63) is 57.6 Å². The van der Waals surface area contributed by atoms with E-state index >= 15 is 0 Å². The second-order valence-electron chi connectivity index (χ2n) is 7.93. The van der Waals surface area contributed by atoms with Crippen molar-refractivity contribution in [2.45, 2.75) is 37.8 Å². The average molecular weight is 409 g/mol. The molecule has 2 fully saturated rings. The molecular weight excluding hydrogens is 386 g/mol. The van der Waals surface area contributed by atoms with Crippen molar-refractivity contribution in [3.63, 3.8) is 0 Å². The third kappa shape index (κ3) is 3.42. The summed E-state index contributed by atoms with van der Waals surface area (Å²) in [6, 6.07) is 10.7. The Bertz CT molecular complexity index is 1000. The van der Waals surface area contributed by atoms with Gasteiger partial charge in [-0.3, -0.25) is 14.9 Å². The minimum Gasteiger partial charge on any atom is -0.486 e. The van der Waals surface area contributed by atoms with Gasteiger partial charge in [0.15, 0.2) is 11.5 Å². The number of rotatable bonds is 5. The molecule has 1 atom stereocenters. The molecule has 1 N–H and O–H groups in total. The predicted octanol–water partition coefficient (Wildman–Crippen LogP) is 3.60. The minimum atomic E-state index is -0.404. The molecule has 0 spiro atoms. The van der Waals surface area contributed by atoms with Gasteiger partial charge in [0.25, 0.3) is 11.6 Å². The van der Waals surface area contributed by atoms with Crippen molar-refractivity contribution < 1.29 is 19.2 Å². The molecule has 2 aromatic rings. The maximum absolute atomic E-state index is 12.4. The Labute approximate surface area is 173 Å². The van der Waals surface area contributed by atoms with Crippen LogP contribution in [0.1, 0.15) is 47.6 Å². The highest BCUT2D eigenvalue weighted by Gasteiger charge is 2.34. The van der Waals surface area contributed by atoms with E-state index in [1.807, 2.05) is 23.1 Å². The highest BCUT2D eigenvalue weighted by molar-refractivity contribution is 5.96.